The summed E-state index contributed by atoms with van der Waals surface area (Å²) in [6, 6.07) is 14.5. The van der Waals surface area contributed by atoms with E-state index in [1.165, 1.54) is 16.5 Å². The van der Waals surface area contributed by atoms with E-state index in [4.69, 9.17) is 9.47 Å². The van der Waals surface area contributed by atoms with Gasteiger partial charge in [0.1, 0.15) is 0 Å². The van der Waals surface area contributed by atoms with E-state index in [2.05, 4.69) is 47.2 Å². The van der Waals surface area contributed by atoms with Crippen LogP contribution in [0.15, 0.2) is 48.7 Å². The summed E-state index contributed by atoms with van der Waals surface area (Å²) in [6.45, 7) is 3.37. The Labute approximate surface area is 136 Å². The molecule has 2 aromatic carbocycles. The first-order chi connectivity index (χ1) is 11.3. The number of hydrogen-bond acceptors (Lipinski definition) is 2. The van der Waals surface area contributed by atoms with Crippen LogP contribution in [-0.4, -0.2) is 25.2 Å². The van der Waals surface area contributed by atoms with Crippen molar-refractivity contribution in [3.05, 3.63) is 59.8 Å². The summed E-state index contributed by atoms with van der Waals surface area (Å²) < 4.78 is 11.1. The molecule has 120 valence electrons. The minimum atomic E-state index is 0.218. The molecule has 3 rings (SSSR count). The maximum atomic E-state index is 5.61. The maximum Gasteiger partial charge on any atom is 0.161 e. The van der Waals surface area contributed by atoms with Crippen molar-refractivity contribution in [1.29, 1.82) is 0 Å². The molecule has 4 heteroatoms. The average molecular weight is 311 g/mol. The van der Waals surface area contributed by atoms with E-state index in [1.807, 2.05) is 19.1 Å². The number of aromatic nitrogens is 1. The van der Waals surface area contributed by atoms with Gasteiger partial charge in [0.15, 0.2) is 11.5 Å². The molecule has 0 aliphatic carbocycles. The lowest BCUT2D eigenvalue weighted by atomic mass is 9.91. The Morgan fingerprint density at radius 2 is 1.96 bits per heavy atom. The van der Waals surface area contributed by atoms with Crippen molar-refractivity contribution in [2.75, 3.05) is 20.3 Å². The third-order valence-electron chi connectivity index (χ3n) is 4.18. The van der Waals surface area contributed by atoms with Crippen LogP contribution in [0.3, 0.4) is 0 Å². The summed E-state index contributed by atoms with van der Waals surface area (Å²) in [6.07, 6.45) is 2.09. The second-order valence-electron chi connectivity index (χ2n) is 5.47. The number of hydrogen-bond donors (Lipinski definition) is 2. The van der Waals surface area contributed by atoms with Gasteiger partial charge in [-0.3, -0.25) is 0 Å². The number of methoxy groups -OCH3 is 1. The van der Waals surface area contributed by atoms with Crippen molar-refractivity contribution >= 4 is 10.9 Å². The van der Waals surface area contributed by atoms with E-state index in [1.54, 1.807) is 7.11 Å². The molecule has 3 aromatic rings. The molecule has 1 heterocycles. The highest BCUT2D eigenvalue weighted by Crippen LogP contribution is 2.35. The minimum absolute atomic E-state index is 0.218. The minimum Gasteiger partial charge on any atom is -0.493 e. The SMILES string of the molecule is CCOc1ccc([C@H](C[NH3+])c2c[nH]c3ccccc23)cc1OC. The average Bonchev–Trinajstić information content (AvgIpc) is 3.01. The van der Waals surface area contributed by atoms with Gasteiger partial charge in [-0.25, -0.2) is 0 Å². The van der Waals surface area contributed by atoms with Gasteiger partial charge in [0.25, 0.3) is 0 Å². The van der Waals surface area contributed by atoms with Crippen LogP contribution < -0.4 is 15.2 Å². The standard InChI is InChI=1S/C19H22N2O2/c1-3-23-18-9-8-13(10-19(18)22-2)15(11-20)16-12-21-17-7-5-4-6-14(16)17/h4-10,12,15,21H,3,11,20H2,1-2H3/p+1/t15-/m0/s1. The zero-order valence-electron chi connectivity index (χ0n) is 13.6. The van der Waals surface area contributed by atoms with E-state index in [9.17, 15) is 0 Å². The molecule has 0 unspecified atom stereocenters. The van der Waals surface area contributed by atoms with E-state index in [-0.39, 0.29) is 5.92 Å². The van der Waals surface area contributed by atoms with Crippen molar-refractivity contribution in [3.8, 4) is 11.5 Å². The lowest BCUT2D eigenvalue weighted by Crippen LogP contribution is -2.53. The first-order valence-corrected chi connectivity index (χ1v) is 7.94. The molecular weight excluding hydrogens is 288 g/mol. The first-order valence-electron chi connectivity index (χ1n) is 7.94. The smallest absolute Gasteiger partial charge is 0.161 e. The molecule has 0 saturated carbocycles. The van der Waals surface area contributed by atoms with Gasteiger partial charge in [-0.05, 0) is 36.2 Å². The van der Waals surface area contributed by atoms with Gasteiger partial charge in [0, 0.05) is 17.1 Å². The van der Waals surface area contributed by atoms with E-state index in [0.717, 1.165) is 23.6 Å². The predicted octanol–water partition coefficient (Wildman–Crippen LogP) is 2.95. The number of para-hydroxylation sites is 1. The molecule has 1 atom stereocenters. The number of benzene rings is 2. The van der Waals surface area contributed by atoms with Crippen LogP contribution in [0.2, 0.25) is 0 Å². The molecule has 4 nitrogen and oxygen atoms in total. The Kier molecular flexibility index (Phi) is 4.53. The molecule has 4 N–H and O–H groups in total. The number of H-pyrrole nitrogens is 1. The summed E-state index contributed by atoms with van der Waals surface area (Å²) in [5, 5.41) is 1.24. The number of rotatable bonds is 6. The Morgan fingerprint density at radius 3 is 2.70 bits per heavy atom. The molecule has 23 heavy (non-hydrogen) atoms. The molecule has 1 aromatic heterocycles. The largest absolute Gasteiger partial charge is 0.493 e. The van der Waals surface area contributed by atoms with Crippen LogP contribution >= 0.6 is 0 Å². The van der Waals surface area contributed by atoms with Gasteiger partial charge in [-0.2, -0.15) is 0 Å². The summed E-state index contributed by atoms with van der Waals surface area (Å²) in [7, 11) is 1.67. The Bertz CT molecular complexity index is 795. The fourth-order valence-corrected chi connectivity index (χ4v) is 3.06. The fraction of sp³-hybridized carbons (Fsp3) is 0.263. The second kappa shape index (κ2) is 6.75. The Hall–Kier alpha value is -2.46. The van der Waals surface area contributed by atoms with Crippen LogP contribution in [0, 0.1) is 0 Å². The molecule has 0 bridgehead atoms. The van der Waals surface area contributed by atoms with Crippen LogP contribution in [0.4, 0.5) is 0 Å². The third-order valence-corrected chi connectivity index (χ3v) is 4.18. The highest BCUT2D eigenvalue weighted by atomic mass is 16.5. The number of aromatic amines is 1. The lowest BCUT2D eigenvalue weighted by Gasteiger charge is -2.16. The zero-order valence-corrected chi connectivity index (χ0v) is 13.6. The van der Waals surface area contributed by atoms with Crippen LogP contribution in [0.5, 0.6) is 11.5 Å². The lowest BCUT2D eigenvalue weighted by molar-refractivity contribution is -0.370. The van der Waals surface area contributed by atoms with Gasteiger partial charge in [0.2, 0.25) is 0 Å². The molecule has 0 radical (unpaired) electrons. The monoisotopic (exact) mass is 311 g/mol. The van der Waals surface area contributed by atoms with Gasteiger partial charge in [-0.15, -0.1) is 0 Å². The number of fused-ring (bicyclic) bond motifs is 1. The van der Waals surface area contributed by atoms with E-state index in [0.29, 0.717) is 6.61 Å². The first kappa shape index (κ1) is 15.4. The predicted molar refractivity (Wildman–Crippen MR) is 92.1 cm³/mol. The fourth-order valence-electron chi connectivity index (χ4n) is 3.06. The van der Waals surface area contributed by atoms with Crippen molar-refractivity contribution in [1.82, 2.24) is 4.98 Å². The topological polar surface area (TPSA) is 61.9 Å². The maximum absolute atomic E-state index is 5.61. The van der Waals surface area contributed by atoms with Crippen LogP contribution in [-0.2, 0) is 0 Å². The summed E-state index contributed by atoms with van der Waals surface area (Å²) >= 11 is 0. The highest BCUT2D eigenvalue weighted by molar-refractivity contribution is 5.84. The third kappa shape index (κ3) is 2.90. The summed E-state index contributed by atoms with van der Waals surface area (Å²) in [5.41, 5.74) is 7.76. The van der Waals surface area contributed by atoms with Crippen molar-refractivity contribution in [2.45, 2.75) is 12.8 Å². The zero-order chi connectivity index (χ0) is 16.2. The molecular formula is C19H23N2O2+. The van der Waals surface area contributed by atoms with Gasteiger partial charge >= 0.3 is 0 Å². The van der Waals surface area contributed by atoms with E-state index < -0.39 is 0 Å². The van der Waals surface area contributed by atoms with Crippen molar-refractivity contribution in [3.63, 3.8) is 0 Å². The number of nitrogens with one attached hydrogen (secondary N) is 1. The normalized spacial score (nSPS) is 12.3. The molecule has 0 aliphatic rings. The molecule has 0 aliphatic heterocycles. The number of quaternary nitrogens is 1. The summed E-state index contributed by atoms with van der Waals surface area (Å²) in [4.78, 5) is 3.35. The van der Waals surface area contributed by atoms with Crippen molar-refractivity contribution < 1.29 is 15.2 Å². The van der Waals surface area contributed by atoms with Gasteiger partial charge in [-0.1, -0.05) is 24.3 Å². The van der Waals surface area contributed by atoms with Crippen LogP contribution in [0.1, 0.15) is 24.0 Å². The molecule has 0 amide bonds. The van der Waals surface area contributed by atoms with Gasteiger partial charge in [0.05, 0.1) is 26.2 Å². The van der Waals surface area contributed by atoms with Crippen molar-refractivity contribution in [2.24, 2.45) is 0 Å². The van der Waals surface area contributed by atoms with Crippen LogP contribution in [0.25, 0.3) is 10.9 Å². The van der Waals surface area contributed by atoms with E-state index >= 15 is 0 Å². The highest BCUT2D eigenvalue weighted by Gasteiger charge is 2.20. The Morgan fingerprint density at radius 1 is 1.13 bits per heavy atom. The van der Waals surface area contributed by atoms with Gasteiger partial charge < -0.3 is 20.2 Å². The second-order valence-corrected chi connectivity index (χ2v) is 5.47. The molecule has 0 spiro atoms. The molecule has 0 fully saturated rings. The molecule has 0 saturated heterocycles. The quantitative estimate of drug-likeness (QED) is 0.735. The summed E-state index contributed by atoms with van der Waals surface area (Å²) in [5.74, 6) is 1.76. The number of ether oxygens (including phenoxy) is 2. The Balaban J connectivity index is 2.04.